The van der Waals surface area contributed by atoms with Crippen LogP contribution in [0.1, 0.15) is 0 Å². The van der Waals surface area contributed by atoms with E-state index in [0.29, 0.717) is 8.95 Å². The van der Waals surface area contributed by atoms with E-state index in [-0.39, 0.29) is 5.30 Å². The van der Waals surface area contributed by atoms with E-state index in [0.717, 1.165) is 0 Å². The van der Waals surface area contributed by atoms with Crippen LogP contribution in [0.2, 0.25) is 0 Å². The van der Waals surface area contributed by atoms with E-state index >= 15 is 0 Å². The SMILES string of the molecule is O[P+](O)(O)c1cccc(Br)c1Br. The molecule has 0 aliphatic carbocycles. The molecular formula is C6H6Br2O3P+. The van der Waals surface area contributed by atoms with Gasteiger partial charge in [-0.15, -0.1) is 0 Å². The van der Waals surface area contributed by atoms with Gasteiger partial charge in [0.1, 0.15) is 0 Å². The predicted molar refractivity (Wildman–Crippen MR) is 55.1 cm³/mol. The van der Waals surface area contributed by atoms with Crippen molar-refractivity contribution < 1.29 is 14.7 Å². The summed E-state index contributed by atoms with van der Waals surface area (Å²) in [5.74, 6) is 0. The molecule has 0 spiro atoms. The first-order valence-corrected chi connectivity index (χ1v) is 6.18. The average Bonchev–Trinajstić information content (AvgIpc) is 1.92. The smallest absolute Gasteiger partial charge is 0.189 e. The first-order chi connectivity index (χ1) is 5.43. The Morgan fingerprint density at radius 2 is 1.67 bits per heavy atom. The monoisotopic (exact) mass is 315 g/mol. The average molecular weight is 317 g/mol. The lowest BCUT2D eigenvalue weighted by molar-refractivity contribution is 0.347. The van der Waals surface area contributed by atoms with Gasteiger partial charge in [0.05, 0.1) is 4.47 Å². The topological polar surface area (TPSA) is 60.7 Å². The zero-order chi connectivity index (χ0) is 9.35. The maximum absolute atomic E-state index is 8.97. The Kier molecular flexibility index (Phi) is 3.26. The number of halogens is 2. The van der Waals surface area contributed by atoms with Crippen molar-refractivity contribution >= 4 is 45.1 Å². The van der Waals surface area contributed by atoms with Gasteiger partial charge < -0.3 is 0 Å². The van der Waals surface area contributed by atoms with Crippen LogP contribution in [-0.2, 0) is 0 Å². The minimum Gasteiger partial charge on any atom is -0.189 e. The molecule has 1 aromatic carbocycles. The van der Waals surface area contributed by atoms with Crippen molar-refractivity contribution in [3.63, 3.8) is 0 Å². The molecule has 0 saturated heterocycles. The molecule has 0 bridgehead atoms. The lowest BCUT2D eigenvalue weighted by atomic mass is 10.4. The molecule has 0 aromatic heterocycles. The molecule has 0 aliphatic heterocycles. The summed E-state index contributed by atoms with van der Waals surface area (Å²) in [5.41, 5.74) is 0. The minimum absolute atomic E-state index is 0.108. The van der Waals surface area contributed by atoms with E-state index in [9.17, 15) is 0 Å². The quantitative estimate of drug-likeness (QED) is 0.689. The van der Waals surface area contributed by atoms with E-state index in [4.69, 9.17) is 14.7 Å². The van der Waals surface area contributed by atoms with E-state index in [1.54, 1.807) is 12.1 Å². The second kappa shape index (κ2) is 3.70. The van der Waals surface area contributed by atoms with Crippen LogP contribution >= 0.6 is 39.8 Å². The van der Waals surface area contributed by atoms with Crippen LogP contribution in [0.3, 0.4) is 0 Å². The Balaban J connectivity index is 3.26. The third kappa shape index (κ3) is 2.25. The third-order valence-electron chi connectivity index (χ3n) is 1.25. The second-order valence-electron chi connectivity index (χ2n) is 2.14. The fourth-order valence-corrected chi connectivity index (χ4v) is 2.89. The molecule has 0 atom stereocenters. The van der Waals surface area contributed by atoms with Crippen LogP contribution in [0, 0.1) is 0 Å². The molecule has 0 aliphatic rings. The zero-order valence-corrected chi connectivity index (χ0v) is 9.84. The van der Waals surface area contributed by atoms with Gasteiger partial charge in [0.25, 0.3) is 0 Å². The van der Waals surface area contributed by atoms with E-state index < -0.39 is 7.94 Å². The highest BCUT2D eigenvalue weighted by atomic mass is 79.9. The van der Waals surface area contributed by atoms with E-state index in [1.165, 1.54) is 6.07 Å². The molecule has 0 saturated carbocycles. The maximum atomic E-state index is 8.97. The summed E-state index contributed by atoms with van der Waals surface area (Å²) in [6, 6.07) is 4.79. The first kappa shape index (κ1) is 10.6. The third-order valence-corrected chi connectivity index (χ3v) is 4.63. The highest BCUT2D eigenvalue weighted by Crippen LogP contribution is 2.46. The molecule has 3 nitrogen and oxygen atoms in total. The summed E-state index contributed by atoms with van der Waals surface area (Å²) in [6.45, 7) is 0. The van der Waals surface area contributed by atoms with Crippen LogP contribution in [0.15, 0.2) is 27.1 Å². The Bertz CT molecular complexity index is 297. The Labute approximate surface area is 86.9 Å². The zero-order valence-electron chi connectivity index (χ0n) is 5.78. The first-order valence-electron chi connectivity index (χ1n) is 2.95. The standard InChI is InChI=1S/C6H6Br2O3P/c7-4-2-1-3-5(6(4)8)12(9,10)11/h1-3,9-11H/q+1. The maximum Gasteiger partial charge on any atom is 0.442 e. The summed E-state index contributed by atoms with van der Waals surface area (Å²) in [5, 5.41) is 0.108. The van der Waals surface area contributed by atoms with Crippen LogP contribution in [0.25, 0.3) is 0 Å². The molecule has 6 heteroatoms. The van der Waals surface area contributed by atoms with Crippen LogP contribution < -0.4 is 5.30 Å². The van der Waals surface area contributed by atoms with Gasteiger partial charge in [-0.3, -0.25) is 0 Å². The van der Waals surface area contributed by atoms with E-state index in [2.05, 4.69) is 31.9 Å². The number of hydrogen-bond acceptors (Lipinski definition) is 3. The van der Waals surface area contributed by atoms with Gasteiger partial charge >= 0.3 is 7.94 Å². The summed E-state index contributed by atoms with van der Waals surface area (Å²) in [7, 11) is -3.91. The highest BCUT2D eigenvalue weighted by Gasteiger charge is 2.36. The van der Waals surface area contributed by atoms with Gasteiger partial charge in [-0.2, -0.15) is 14.7 Å². The summed E-state index contributed by atoms with van der Waals surface area (Å²) in [6.07, 6.45) is 0. The molecule has 0 heterocycles. The van der Waals surface area contributed by atoms with Crippen molar-refractivity contribution in [2.45, 2.75) is 0 Å². The number of hydrogen-bond donors (Lipinski definition) is 3. The molecule has 1 rings (SSSR count). The van der Waals surface area contributed by atoms with Gasteiger partial charge in [0.15, 0.2) is 5.30 Å². The Hall–Kier alpha value is 0.490. The number of rotatable bonds is 1. The highest BCUT2D eigenvalue weighted by molar-refractivity contribution is 9.13. The van der Waals surface area contributed by atoms with Gasteiger partial charge in [-0.25, -0.2) is 0 Å². The van der Waals surface area contributed by atoms with Crippen LogP contribution in [-0.4, -0.2) is 14.7 Å². The fraction of sp³-hybridized carbons (Fsp3) is 0. The van der Waals surface area contributed by atoms with Crippen molar-refractivity contribution in [2.24, 2.45) is 0 Å². The lowest BCUT2D eigenvalue weighted by Gasteiger charge is -2.05. The van der Waals surface area contributed by atoms with Gasteiger partial charge in [-0.1, -0.05) is 6.07 Å². The minimum atomic E-state index is -3.91. The summed E-state index contributed by atoms with van der Waals surface area (Å²) >= 11 is 6.29. The summed E-state index contributed by atoms with van der Waals surface area (Å²) in [4.78, 5) is 26.9. The molecule has 1 aromatic rings. The Morgan fingerprint density at radius 1 is 1.08 bits per heavy atom. The van der Waals surface area contributed by atoms with Gasteiger partial charge in [0.2, 0.25) is 0 Å². The van der Waals surface area contributed by atoms with Crippen molar-refractivity contribution in [1.29, 1.82) is 0 Å². The molecule has 0 unspecified atom stereocenters. The number of benzene rings is 1. The molecule has 3 N–H and O–H groups in total. The van der Waals surface area contributed by atoms with Crippen LogP contribution in [0.4, 0.5) is 0 Å². The molecular weight excluding hydrogens is 311 g/mol. The predicted octanol–water partition coefficient (Wildman–Crippen LogP) is 1.58. The normalized spacial score (nSPS) is 11.8. The molecule has 0 amide bonds. The molecule has 0 radical (unpaired) electrons. The van der Waals surface area contributed by atoms with Crippen molar-refractivity contribution in [1.82, 2.24) is 0 Å². The Morgan fingerprint density at radius 3 is 2.08 bits per heavy atom. The van der Waals surface area contributed by atoms with Crippen LogP contribution in [0.5, 0.6) is 0 Å². The van der Waals surface area contributed by atoms with Crippen molar-refractivity contribution in [3.05, 3.63) is 27.1 Å². The molecule has 66 valence electrons. The lowest BCUT2D eigenvalue weighted by Crippen LogP contribution is -2.11. The van der Waals surface area contributed by atoms with E-state index in [1.807, 2.05) is 0 Å². The van der Waals surface area contributed by atoms with Crippen molar-refractivity contribution in [3.8, 4) is 0 Å². The van der Waals surface area contributed by atoms with Gasteiger partial charge in [0, 0.05) is 4.47 Å². The largest absolute Gasteiger partial charge is 0.442 e. The molecule has 0 fully saturated rings. The fourth-order valence-electron chi connectivity index (χ4n) is 0.724. The second-order valence-corrected chi connectivity index (χ2v) is 5.41. The molecule has 12 heavy (non-hydrogen) atoms. The van der Waals surface area contributed by atoms with Gasteiger partial charge in [-0.05, 0) is 44.0 Å². The summed E-state index contributed by atoms with van der Waals surface area (Å²) < 4.78 is 1.13. The van der Waals surface area contributed by atoms with Crippen molar-refractivity contribution in [2.75, 3.05) is 0 Å².